The van der Waals surface area contributed by atoms with Crippen molar-refractivity contribution in [3.63, 3.8) is 0 Å². The molecule has 0 amide bonds. The second kappa shape index (κ2) is 12.6. The molecular weight excluding hydrogens is 226 g/mol. The SMILES string of the molecule is CCCCCCCCCC(CC)N=CCC(=O)O. The number of unbranched alkanes of at least 4 members (excludes halogenated alkanes) is 6. The number of hydrogen-bond donors (Lipinski definition) is 1. The fraction of sp³-hybridized carbons (Fsp3) is 0.867. The van der Waals surface area contributed by atoms with E-state index in [1.54, 1.807) is 6.21 Å². The summed E-state index contributed by atoms with van der Waals surface area (Å²) < 4.78 is 0. The highest BCUT2D eigenvalue weighted by molar-refractivity contribution is 5.84. The van der Waals surface area contributed by atoms with Crippen molar-refractivity contribution >= 4 is 12.2 Å². The topological polar surface area (TPSA) is 49.7 Å². The molecule has 3 heteroatoms. The van der Waals surface area contributed by atoms with Gasteiger partial charge in [-0.15, -0.1) is 0 Å². The summed E-state index contributed by atoms with van der Waals surface area (Å²) in [4.78, 5) is 14.7. The third-order valence-corrected chi connectivity index (χ3v) is 3.19. The fourth-order valence-electron chi connectivity index (χ4n) is 2.00. The van der Waals surface area contributed by atoms with Crippen molar-refractivity contribution in [1.82, 2.24) is 0 Å². The van der Waals surface area contributed by atoms with Crippen molar-refractivity contribution in [2.24, 2.45) is 4.99 Å². The van der Waals surface area contributed by atoms with Crippen molar-refractivity contribution in [2.45, 2.75) is 84.1 Å². The minimum atomic E-state index is -0.801. The molecule has 0 aromatic carbocycles. The van der Waals surface area contributed by atoms with Crippen LogP contribution in [0.1, 0.15) is 78.1 Å². The molecule has 1 unspecified atom stereocenters. The van der Waals surface area contributed by atoms with E-state index in [2.05, 4.69) is 18.8 Å². The van der Waals surface area contributed by atoms with Crippen LogP contribution in [0.25, 0.3) is 0 Å². The Morgan fingerprint density at radius 1 is 1.11 bits per heavy atom. The number of carboxylic acids is 1. The largest absolute Gasteiger partial charge is 0.481 e. The molecule has 0 aromatic rings. The van der Waals surface area contributed by atoms with Gasteiger partial charge in [0.2, 0.25) is 0 Å². The first-order valence-electron chi connectivity index (χ1n) is 7.44. The number of hydrogen-bond acceptors (Lipinski definition) is 2. The molecule has 0 aliphatic carbocycles. The average molecular weight is 255 g/mol. The molecule has 0 fully saturated rings. The minimum Gasteiger partial charge on any atom is -0.481 e. The molecule has 1 atom stereocenters. The number of carbonyl (C=O) groups is 1. The van der Waals surface area contributed by atoms with Crippen LogP contribution in [0.2, 0.25) is 0 Å². The van der Waals surface area contributed by atoms with Gasteiger partial charge in [0, 0.05) is 12.3 Å². The molecule has 0 heterocycles. The van der Waals surface area contributed by atoms with E-state index >= 15 is 0 Å². The summed E-state index contributed by atoms with van der Waals surface area (Å²) >= 11 is 0. The molecule has 3 nitrogen and oxygen atoms in total. The molecule has 0 saturated heterocycles. The monoisotopic (exact) mass is 255 g/mol. The Labute approximate surface area is 112 Å². The van der Waals surface area contributed by atoms with Crippen LogP contribution >= 0.6 is 0 Å². The van der Waals surface area contributed by atoms with Crippen molar-refractivity contribution < 1.29 is 9.90 Å². The predicted molar refractivity (Wildman–Crippen MR) is 77.4 cm³/mol. The molecule has 0 rings (SSSR count). The first-order valence-corrected chi connectivity index (χ1v) is 7.44. The van der Waals surface area contributed by atoms with Gasteiger partial charge in [0.25, 0.3) is 0 Å². The lowest BCUT2D eigenvalue weighted by Crippen LogP contribution is -2.04. The summed E-state index contributed by atoms with van der Waals surface area (Å²) in [5.41, 5.74) is 0. The number of nitrogens with zero attached hydrogens (tertiary/aromatic N) is 1. The van der Waals surface area contributed by atoms with Gasteiger partial charge in [0.05, 0.1) is 6.42 Å². The lowest BCUT2D eigenvalue weighted by atomic mass is 10.0. The molecule has 0 aromatic heterocycles. The Morgan fingerprint density at radius 3 is 2.28 bits per heavy atom. The van der Waals surface area contributed by atoms with Crippen LogP contribution in [-0.2, 0) is 4.79 Å². The Kier molecular flexibility index (Phi) is 12.0. The standard InChI is InChI=1S/C15H29NO2/c1-3-5-6-7-8-9-10-11-14(4-2)16-13-12-15(17)18/h13-14H,3-12H2,1-2H3,(H,17,18). The zero-order valence-corrected chi connectivity index (χ0v) is 12.0. The average Bonchev–Trinajstić information content (AvgIpc) is 2.35. The van der Waals surface area contributed by atoms with Gasteiger partial charge in [-0.1, -0.05) is 58.8 Å². The summed E-state index contributed by atoms with van der Waals surface area (Å²) in [6.45, 7) is 4.35. The van der Waals surface area contributed by atoms with E-state index < -0.39 is 5.97 Å². The highest BCUT2D eigenvalue weighted by atomic mass is 16.4. The molecule has 0 saturated carbocycles. The molecule has 0 radical (unpaired) electrons. The van der Waals surface area contributed by atoms with Gasteiger partial charge in [-0.2, -0.15) is 0 Å². The van der Waals surface area contributed by atoms with Crippen molar-refractivity contribution in [2.75, 3.05) is 0 Å². The van der Waals surface area contributed by atoms with Crippen LogP contribution in [0, 0.1) is 0 Å². The summed E-state index contributed by atoms with van der Waals surface area (Å²) in [6, 6.07) is 0.319. The summed E-state index contributed by atoms with van der Waals surface area (Å²) in [6.07, 6.45) is 12.9. The van der Waals surface area contributed by atoms with E-state index in [9.17, 15) is 4.79 Å². The van der Waals surface area contributed by atoms with Crippen molar-refractivity contribution in [1.29, 1.82) is 0 Å². The normalized spacial score (nSPS) is 13.0. The zero-order chi connectivity index (χ0) is 13.6. The van der Waals surface area contributed by atoms with E-state index in [0.717, 1.165) is 12.8 Å². The fourth-order valence-corrected chi connectivity index (χ4v) is 2.00. The van der Waals surface area contributed by atoms with Crippen LogP contribution in [0.4, 0.5) is 0 Å². The van der Waals surface area contributed by atoms with Gasteiger partial charge >= 0.3 is 5.97 Å². The number of aliphatic imine (C=N–C) groups is 1. The second-order valence-corrected chi connectivity index (χ2v) is 4.90. The van der Waals surface area contributed by atoms with Crippen LogP contribution in [0.5, 0.6) is 0 Å². The number of rotatable bonds is 12. The molecule has 1 N–H and O–H groups in total. The van der Waals surface area contributed by atoms with Gasteiger partial charge in [0.1, 0.15) is 0 Å². The maximum atomic E-state index is 10.4. The van der Waals surface area contributed by atoms with Gasteiger partial charge < -0.3 is 5.11 Å². The quantitative estimate of drug-likeness (QED) is 0.413. The molecule has 106 valence electrons. The van der Waals surface area contributed by atoms with E-state index in [0.29, 0.717) is 6.04 Å². The molecule has 18 heavy (non-hydrogen) atoms. The third kappa shape index (κ3) is 11.6. The van der Waals surface area contributed by atoms with E-state index in [1.807, 2.05) is 0 Å². The molecular formula is C15H29NO2. The number of aliphatic carboxylic acids is 1. The molecule has 0 aliphatic rings. The summed E-state index contributed by atoms with van der Waals surface area (Å²) in [5, 5.41) is 8.52. The highest BCUT2D eigenvalue weighted by Gasteiger charge is 2.03. The lowest BCUT2D eigenvalue weighted by Gasteiger charge is -2.09. The molecule has 0 bridgehead atoms. The van der Waals surface area contributed by atoms with Crippen LogP contribution in [0.15, 0.2) is 4.99 Å². The number of carboxylic acid groups (broad SMARTS) is 1. The summed E-state index contributed by atoms with van der Waals surface area (Å²) in [5.74, 6) is -0.801. The van der Waals surface area contributed by atoms with Crippen LogP contribution in [0.3, 0.4) is 0 Å². The van der Waals surface area contributed by atoms with Gasteiger partial charge in [0.15, 0.2) is 0 Å². The molecule has 0 spiro atoms. The van der Waals surface area contributed by atoms with Crippen LogP contribution < -0.4 is 0 Å². The van der Waals surface area contributed by atoms with Crippen LogP contribution in [-0.4, -0.2) is 23.3 Å². The Bertz CT molecular complexity index is 227. The van der Waals surface area contributed by atoms with Crippen molar-refractivity contribution in [3.8, 4) is 0 Å². The third-order valence-electron chi connectivity index (χ3n) is 3.19. The lowest BCUT2D eigenvalue weighted by molar-refractivity contribution is -0.135. The smallest absolute Gasteiger partial charge is 0.308 e. The van der Waals surface area contributed by atoms with Crippen molar-refractivity contribution in [3.05, 3.63) is 0 Å². The van der Waals surface area contributed by atoms with E-state index in [4.69, 9.17) is 5.11 Å². The second-order valence-electron chi connectivity index (χ2n) is 4.90. The van der Waals surface area contributed by atoms with E-state index in [1.165, 1.54) is 44.9 Å². The molecule has 0 aliphatic heterocycles. The van der Waals surface area contributed by atoms with Gasteiger partial charge in [-0.25, -0.2) is 0 Å². The van der Waals surface area contributed by atoms with Gasteiger partial charge in [-0.05, 0) is 12.8 Å². The first-order chi connectivity index (χ1) is 8.70. The summed E-state index contributed by atoms with van der Waals surface area (Å²) in [7, 11) is 0. The maximum Gasteiger partial charge on any atom is 0.308 e. The maximum absolute atomic E-state index is 10.4. The minimum absolute atomic E-state index is 0.0491. The zero-order valence-electron chi connectivity index (χ0n) is 12.0. The highest BCUT2D eigenvalue weighted by Crippen LogP contribution is 2.12. The Hall–Kier alpha value is -0.860. The van der Waals surface area contributed by atoms with Gasteiger partial charge in [-0.3, -0.25) is 9.79 Å². The Balaban J connectivity index is 3.49. The Morgan fingerprint density at radius 2 is 1.72 bits per heavy atom. The predicted octanol–water partition coefficient (Wildman–Crippen LogP) is 4.45. The van der Waals surface area contributed by atoms with E-state index in [-0.39, 0.29) is 6.42 Å². The first kappa shape index (κ1) is 17.1.